The molecule has 0 aliphatic rings. The fourth-order valence-electron chi connectivity index (χ4n) is 1.80. The van der Waals surface area contributed by atoms with Crippen molar-refractivity contribution in [3.05, 3.63) is 65.5 Å². The van der Waals surface area contributed by atoms with Crippen molar-refractivity contribution in [3.8, 4) is 0 Å². The monoisotopic (exact) mass is 261 g/mol. The van der Waals surface area contributed by atoms with Crippen LogP contribution in [0.2, 0.25) is 0 Å². The van der Waals surface area contributed by atoms with Crippen LogP contribution in [0.4, 0.5) is 4.39 Å². The van der Waals surface area contributed by atoms with Gasteiger partial charge in [-0.2, -0.15) is 0 Å². The van der Waals surface area contributed by atoms with Crippen LogP contribution in [0.3, 0.4) is 0 Å². The minimum atomic E-state index is -0.154. The van der Waals surface area contributed by atoms with Gasteiger partial charge in [0.1, 0.15) is 5.82 Å². The second kappa shape index (κ2) is 6.57. The van der Waals surface area contributed by atoms with E-state index in [2.05, 4.69) is 12.1 Å². The highest BCUT2D eigenvalue weighted by Crippen LogP contribution is 2.28. The Kier molecular flexibility index (Phi) is 4.79. The van der Waals surface area contributed by atoms with Crippen molar-refractivity contribution < 1.29 is 4.39 Å². The highest BCUT2D eigenvalue weighted by Gasteiger charge is 2.08. The van der Waals surface area contributed by atoms with Crippen LogP contribution in [0, 0.1) is 5.82 Å². The minimum absolute atomic E-state index is 0.154. The van der Waals surface area contributed by atoms with Crippen molar-refractivity contribution in [1.82, 2.24) is 0 Å². The summed E-state index contributed by atoms with van der Waals surface area (Å²) in [5.41, 5.74) is 7.51. The van der Waals surface area contributed by atoms with E-state index in [0.29, 0.717) is 13.0 Å². The summed E-state index contributed by atoms with van der Waals surface area (Å²) in [5, 5.41) is 0. The zero-order chi connectivity index (χ0) is 12.8. The first kappa shape index (κ1) is 13.1. The van der Waals surface area contributed by atoms with E-state index >= 15 is 0 Å². The predicted molar refractivity (Wildman–Crippen MR) is 75.2 cm³/mol. The Morgan fingerprint density at radius 1 is 1.00 bits per heavy atom. The molecule has 2 aromatic carbocycles. The van der Waals surface area contributed by atoms with Gasteiger partial charge in [-0.05, 0) is 30.7 Å². The molecule has 0 saturated heterocycles. The van der Waals surface area contributed by atoms with E-state index in [1.807, 2.05) is 24.3 Å². The zero-order valence-electron chi connectivity index (χ0n) is 10.1. The van der Waals surface area contributed by atoms with E-state index in [-0.39, 0.29) is 5.82 Å². The predicted octanol–water partition coefficient (Wildman–Crippen LogP) is 3.62. The molecule has 0 bridgehead atoms. The van der Waals surface area contributed by atoms with Gasteiger partial charge in [-0.3, -0.25) is 0 Å². The van der Waals surface area contributed by atoms with Crippen molar-refractivity contribution in [2.75, 3.05) is 6.54 Å². The molecule has 94 valence electrons. The van der Waals surface area contributed by atoms with Crippen LogP contribution < -0.4 is 5.73 Å². The molecule has 0 heterocycles. The molecule has 0 spiro atoms. The molecule has 2 N–H and O–H groups in total. The Balaban J connectivity index is 2.11. The molecule has 0 aromatic heterocycles. The zero-order valence-corrected chi connectivity index (χ0v) is 10.9. The van der Waals surface area contributed by atoms with Gasteiger partial charge in [-0.15, -0.1) is 11.8 Å². The highest BCUT2D eigenvalue weighted by atomic mass is 32.2. The number of rotatable bonds is 5. The van der Waals surface area contributed by atoms with Crippen molar-refractivity contribution >= 4 is 11.8 Å². The normalized spacial score (nSPS) is 10.6. The van der Waals surface area contributed by atoms with Gasteiger partial charge >= 0.3 is 0 Å². The fraction of sp³-hybridized carbons (Fsp3) is 0.200. The summed E-state index contributed by atoms with van der Waals surface area (Å²) in [4.78, 5) is 0.990. The van der Waals surface area contributed by atoms with Crippen LogP contribution in [0.5, 0.6) is 0 Å². The molecular weight excluding hydrogens is 245 g/mol. The van der Waals surface area contributed by atoms with Gasteiger partial charge in [-0.25, -0.2) is 4.39 Å². The first-order valence-corrected chi connectivity index (χ1v) is 6.94. The molecule has 0 fully saturated rings. The Morgan fingerprint density at radius 3 is 2.50 bits per heavy atom. The van der Waals surface area contributed by atoms with E-state index < -0.39 is 0 Å². The number of thioether (sulfide) groups is 1. The van der Waals surface area contributed by atoms with E-state index in [1.54, 1.807) is 17.8 Å². The summed E-state index contributed by atoms with van der Waals surface area (Å²) < 4.78 is 13.7. The first-order chi connectivity index (χ1) is 8.81. The third kappa shape index (κ3) is 3.34. The van der Waals surface area contributed by atoms with E-state index in [0.717, 1.165) is 16.2 Å². The summed E-state index contributed by atoms with van der Waals surface area (Å²) >= 11 is 1.66. The molecule has 0 radical (unpaired) electrons. The summed E-state index contributed by atoms with van der Waals surface area (Å²) in [6, 6.07) is 15.4. The Hall–Kier alpha value is -1.32. The lowest BCUT2D eigenvalue weighted by Crippen LogP contribution is -2.05. The molecule has 1 nitrogen and oxygen atoms in total. The number of nitrogens with two attached hydrogens (primary N) is 1. The maximum absolute atomic E-state index is 13.7. The molecule has 0 unspecified atom stereocenters. The maximum atomic E-state index is 13.7. The first-order valence-electron chi connectivity index (χ1n) is 5.95. The number of hydrogen-bond donors (Lipinski definition) is 1. The number of benzene rings is 2. The third-order valence-corrected chi connectivity index (χ3v) is 3.88. The SMILES string of the molecule is NCCc1c(F)cccc1SCc1ccccc1. The fourth-order valence-corrected chi connectivity index (χ4v) is 2.86. The molecule has 0 amide bonds. The molecule has 0 aliphatic carbocycles. The molecule has 0 saturated carbocycles. The Morgan fingerprint density at radius 2 is 1.78 bits per heavy atom. The smallest absolute Gasteiger partial charge is 0.127 e. The molecule has 2 rings (SSSR count). The van der Waals surface area contributed by atoms with Gasteiger partial charge < -0.3 is 5.73 Å². The molecule has 3 heteroatoms. The maximum Gasteiger partial charge on any atom is 0.127 e. The largest absolute Gasteiger partial charge is 0.330 e. The van der Waals surface area contributed by atoms with Gasteiger partial charge in [0.05, 0.1) is 0 Å². The second-order valence-corrected chi connectivity index (χ2v) is 5.05. The summed E-state index contributed by atoms with van der Waals surface area (Å²) in [6.07, 6.45) is 0.587. The lowest BCUT2D eigenvalue weighted by Gasteiger charge is -2.09. The Bertz CT molecular complexity index is 499. The lowest BCUT2D eigenvalue weighted by atomic mass is 10.1. The number of hydrogen-bond acceptors (Lipinski definition) is 2. The quantitative estimate of drug-likeness (QED) is 0.832. The number of halogens is 1. The average molecular weight is 261 g/mol. The van der Waals surface area contributed by atoms with Gasteiger partial charge in [0.2, 0.25) is 0 Å². The molecular formula is C15H16FNS. The van der Waals surface area contributed by atoms with Crippen LogP contribution in [0.25, 0.3) is 0 Å². The third-order valence-electron chi connectivity index (χ3n) is 2.71. The second-order valence-electron chi connectivity index (χ2n) is 4.03. The molecule has 0 aliphatic heterocycles. The van der Waals surface area contributed by atoms with Crippen LogP contribution in [0.15, 0.2) is 53.4 Å². The van der Waals surface area contributed by atoms with Crippen molar-refractivity contribution in [2.45, 2.75) is 17.1 Å². The average Bonchev–Trinajstić information content (AvgIpc) is 2.41. The molecule has 2 aromatic rings. The summed E-state index contributed by atoms with van der Waals surface area (Å²) in [6.45, 7) is 0.472. The van der Waals surface area contributed by atoms with Crippen molar-refractivity contribution in [3.63, 3.8) is 0 Å². The minimum Gasteiger partial charge on any atom is -0.330 e. The summed E-state index contributed by atoms with van der Waals surface area (Å²) in [5.74, 6) is 0.695. The van der Waals surface area contributed by atoms with Crippen LogP contribution in [-0.2, 0) is 12.2 Å². The standard InChI is InChI=1S/C15H16FNS/c16-14-7-4-8-15(13(14)9-10-17)18-11-12-5-2-1-3-6-12/h1-8H,9-11,17H2. The van der Waals surface area contributed by atoms with Gasteiger partial charge in [-0.1, -0.05) is 36.4 Å². The molecule has 0 atom stereocenters. The van der Waals surface area contributed by atoms with Crippen molar-refractivity contribution in [2.24, 2.45) is 5.73 Å². The van der Waals surface area contributed by atoms with E-state index in [4.69, 9.17) is 5.73 Å². The lowest BCUT2D eigenvalue weighted by molar-refractivity contribution is 0.603. The van der Waals surface area contributed by atoms with E-state index in [1.165, 1.54) is 11.6 Å². The van der Waals surface area contributed by atoms with Crippen LogP contribution in [-0.4, -0.2) is 6.54 Å². The highest BCUT2D eigenvalue weighted by molar-refractivity contribution is 7.98. The topological polar surface area (TPSA) is 26.0 Å². The van der Waals surface area contributed by atoms with Gasteiger partial charge in [0.25, 0.3) is 0 Å². The Labute approximate surface area is 111 Å². The van der Waals surface area contributed by atoms with E-state index in [9.17, 15) is 4.39 Å². The van der Waals surface area contributed by atoms with Gasteiger partial charge in [0.15, 0.2) is 0 Å². The summed E-state index contributed by atoms with van der Waals surface area (Å²) in [7, 11) is 0. The van der Waals surface area contributed by atoms with Crippen molar-refractivity contribution in [1.29, 1.82) is 0 Å². The van der Waals surface area contributed by atoms with Crippen LogP contribution in [0.1, 0.15) is 11.1 Å². The van der Waals surface area contributed by atoms with Gasteiger partial charge in [0, 0.05) is 16.2 Å². The molecule has 18 heavy (non-hydrogen) atoms. The van der Waals surface area contributed by atoms with Crippen LogP contribution >= 0.6 is 11.8 Å².